The Labute approximate surface area is 171 Å². The van der Waals surface area contributed by atoms with E-state index >= 15 is 0 Å². The van der Waals surface area contributed by atoms with E-state index in [1.54, 1.807) is 11.1 Å². The highest BCUT2D eigenvalue weighted by Gasteiger charge is 2.38. The van der Waals surface area contributed by atoms with E-state index in [9.17, 15) is 0 Å². The van der Waals surface area contributed by atoms with Gasteiger partial charge in [0.05, 0.1) is 0 Å². The number of rotatable bonds is 2. The molecule has 0 fully saturated rings. The first-order chi connectivity index (χ1) is 13.0. The molecule has 2 aromatic carbocycles. The van der Waals surface area contributed by atoms with Gasteiger partial charge in [-0.1, -0.05) is 72.7 Å². The van der Waals surface area contributed by atoms with E-state index in [2.05, 4.69) is 96.3 Å². The van der Waals surface area contributed by atoms with Crippen LogP contribution >= 0.6 is 0 Å². The molecule has 0 amide bonds. The first-order valence-electron chi connectivity index (χ1n) is 10.7. The van der Waals surface area contributed by atoms with Crippen LogP contribution < -0.4 is 5.32 Å². The van der Waals surface area contributed by atoms with E-state index in [1.165, 1.54) is 40.9 Å². The van der Waals surface area contributed by atoms with Gasteiger partial charge in [-0.3, -0.25) is 0 Å². The molecule has 2 aliphatic rings. The molecule has 1 nitrogen and oxygen atoms in total. The molecule has 0 radical (unpaired) electrons. The minimum atomic E-state index is 0.190. The Morgan fingerprint density at radius 1 is 0.821 bits per heavy atom. The monoisotopic (exact) mass is 373 g/mol. The molecule has 2 aliphatic carbocycles. The molecule has 0 saturated heterocycles. The Morgan fingerprint density at radius 3 is 1.96 bits per heavy atom. The van der Waals surface area contributed by atoms with Crippen molar-refractivity contribution in [2.24, 2.45) is 0 Å². The van der Waals surface area contributed by atoms with Gasteiger partial charge >= 0.3 is 0 Å². The molecule has 0 bridgehead atoms. The van der Waals surface area contributed by atoms with Crippen LogP contribution in [0.5, 0.6) is 0 Å². The molecule has 0 heterocycles. The molecule has 0 aromatic heterocycles. The summed E-state index contributed by atoms with van der Waals surface area (Å²) in [5.74, 6) is 0. The maximum absolute atomic E-state index is 3.69. The van der Waals surface area contributed by atoms with Crippen LogP contribution in [-0.4, -0.2) is 0 Å². The third-order valence-corrected chi connectivity index (χ3v) is 6.92. The van der Waals surface area contributed by atoms with Crippen molar-refractivity contribution >= 4 is 11.4 Å². The molecular formula is C27H35N. The lowest BCUT2D eigenvalue weighted by Gasteiger charge is -2.42. The Bertz CT molecular complexity index is 933. The summed E-state index contributed by atoms with van der Waals surface area (Å²) in [5.41, 5.74) is 10.5. The van der Waals surface area contributed by atoms with Crippen molar-refractivity contribution in [3.63, 3.8) is 0 Å². The van der Waals surface area contributed by atoms with Crippen molar-refractivity contribution in [1.82, 2.24) is 0 Å². The predicted molar refractivity (Wildman–Crippen MR) is 122 cm³/mol. The zero-order valence-corrected chi connectivity index (χ0v) is 18.7. The minimum absolute atomic E-state index is 0.190. The Balaban J connectivity index is 1.66. The molecule has 28 heavy (non-hydrogen) atoms. The summed E-state index contributed by atoms with van der Waals surface area (Å²) in [6, 6.07) is 13.9. The van der Waals surface area contributed by atoms with Crippen molar-refractivity contribution in [2.45, 2.75) is 84.0 Å². The molecule has 148 valence electrons. The summed E-state index contributed by atoms with van der Waals surface area (Å²) >= 11 is 0. The van der Waals surface area contributed by atoms with Crippen LogP contribution in [0.4, 0.5) is 5.69 Å². The third-order valence-electron chi connectivity index (χ3n) is 6.92. The van der Waals surface area contributed by atoms with Crippen molar-refractivity contribution in [2.75, 3.05) is 5.32 Å². The fraction of sp³-hybridized carbons (Fsp3) is 0.481. The van der Waals surface area contributed by atoms with Crippen LogP contribution in [0.15, 0.2) is 42.5 Å². The molecule has 0 atom stereocenters. The van der Waals surface area contributed by atoms with Crippen LogP contribution in [0.3, 0.4) is 0 Å². The summed E-state index contributed by atoms with van der Waals surface area (Å²) in [6.45, 7) is 16.4. The summed E-state index contributed by atoms with van der Waals surface area (Å²) in [7, 11) is 0. The van der Waals surface area contributed by atoms with Gasteiger partial charge in [-0.25, -0.2) is 0 Å². The van der Waals surface area contributed by atoms with E-state index in [0.29, 0.717) is 0 Å². The highest BCUT2D eigenvalue weighted by molar-refractivity contribution is 5.82. The van der Waals surface area contributed by atoms with Gasteiger partial charge in [0, 0.05) is 16.9 Å². The second kappa shape index (κ2) is 6.24. The van der Waals surface area contributed by atoms with Gasteiger partial charge < -0.3 is 5.32 Å². The van der Waals surface area contributed by atoms with E-state index in [1.807, 2.05) is 0 Å². The summed E-state index contributed by atoms with van der Waals surface area (Å²) in [6.07, 6.45) is 5.91. The summed E-state index contributed by atoms with van der Waals surface area (Å²) in [5, 5.41) is 3.69. The molecule has 0 unspecified atom stereocenters. The average molecular weight is 374 g/mol. The topological polar surface area (TPSA) is 12.0 Å². The lowest BCUT2D eigenvalue weighted by molar-refractivity contribution is 0.331. The van der Waals surface area contributed by atoms with Gasteiger partial charge in [-0.15, -0.1) is 0 Å². The zero-order chi connectivity index (χ0) is 20.3. The van der Waals surface area contributed by atoms with Gasteiger partial charge in [-0.2, -0.15) is 0 Å². The molecule has 0 saturated carbocycles. The number of fused-ring (bicyclic) bond motifs is 2. The molecule has 2 aromatic rings. The Kier molecular flexibility index (Phi) is 4.30. The number of hydrogen-bond acceptors (Lipinski definition) is 1. The van der Waals surface area contributed by atoms with Crippen molar-refractivity contribution in [3.05, 3.63) is 70.3 Å². The Hall–Kier alpha value is -2.02. The number of anilines is 1. The van der Waals surface area contributed by atoms with Crippen LogP contribution in [0, 0.1) is 0 Å². The number of benzene rings is 2. The van der Waals surface area contributed by atoms with Gasteiger partial charge in [0.15, 0.2) is 0 Å². The van der Waals surface area contributed by atoms with Crippen LogP contribution in [0.1, 0.15) is 89.1 Å². The smallest absolute Gasteiger partial charge is 0.0423 e. The van der Waals surface area contributed by atoms with E-state index < -0.39 is 0 Å². The lowest BCUT2D eigenvalue weighted by Crippen LogP contribution is -2.34. The van der Waals surface area contributed by atoms with Gasteiger partial charge in [0.2, 0.25) is 0 Å². The molecule has 1 N–H and O–H groups in total. The normalized spacial score (nSPS) is 19.6. The SMILES string of the molecule is CC(C)(C)c1ccc(NC2=CCc3cc4c(cc32)C(C)(C)CCC4(C)C)cc1. The largest absolute Gasteiger partial charge is 0.355 e. The van der Waals surface area contributed by atoms with Crippen molar-refractivity contribution in [1.29, 1.82) is 0 Å². The second-order valence-corrected chi connectivity index (χ2v) is 11.1. The predicted octanol–water partition coefficient (Wildman–Crippen LogP) is 7.34. The van der Waals surface area contributed by atoms with Crippen molar-refractivity contribution < 1.29 is 0 Å². The molecular weight excluding hydrogens is 338 g/mol. The number of nitrogens with one attached hydrogen (secondary N) is 1. The summed E-state index contributed by atoms with van der Waals surface area (Å²) < 4.78 is 0. The highest BCUT2D eigenvalue weighted by atomic mass is 14.9. The van der Waals surface area contributed by atoms with Crippen LogP contribution in [0.25, 0.3) is 5.70 Å². The standard InChI is InChI=1S/C27H35N/c1-25(2,3)19-9-11-20(12-10-19)28-24-13-8-18-16-22-23(17-21(18)24)27(6,7)15-14-26(22,4)5/h9-13,16-17,28H,8,14-15H2,1-7H3. The highest BCUT2D eigenvalue weighted by Crippen LogP contribution is 2.48. The first-order valence-corrected chi connectivity index (χ1v) is 10.7. The van der Waals surface area contributed by atoms with Gasteiger partial charge in [0.25, 0.3) is 0 Å². The molecule has 4 rings (SSSR count). The molecule has 0 aliphatic heterocycles. The zero-order valence-electron chi connectivity index (χ0n) is 18.7. The van der Waals surface area contributed by atoms with Crippen LogP contribution in [-0.2, 0) is 22.7 Å². The summed E-state index contributed by atoms with van der Waals surface area (Å²) in [4.78, 5) is 0. The van der Waals surface area contributed by atoms with E-state index in [0.717, 1.165) is 6.42 Å². The first kappa shape index (κ1) is 19.3. The quantitative estimate of drug-likeness (QED) is 0.580. The fourth-order valence-electron chi connectivity index (χ4n) is 4.73. The van der Waals surface area contributed by atoms with E-state index in [4.69, 9.17) is 0 Å². The lowest BCUT2D eigenvalue weighted by atomic mass is 9.62. The van der Waals surface area contributed by atoms with E-state index in [-0.39, 0.29) is 16.2 Å². The third kappa shape index (κ3) is 3.30. The molecule has 0 spiro atoms. The van der Waals surface area contributed by atoms with Crippen LogP contribution in [0.2, 0.25) is 0 Å². The average Bonchev–Trinajstić information content (AvgIpc) is 3.00. The van der Waals surface area contributed by atoms with Crippen molar-refractivity contribution in [3.8, 4) is 0 Å². The maximum Gasteiger partial charge on any atom is 0.0423 e. The molecule has 1 heteroatoms. The Morgan fingerprint density at radius 2 is 1.39 bits per heavy atom. The fourth-order valence-corrected chi connectivity index (χ4v) is 4.73. The minimum Gasteiger partial charge on any atom is -0.355 e. The number of hydrogen-bond donors (Lipinski definition) is 1. The maximum atomic E-state index is 3.69. The second-order valence-electron chi connectivity index (χ2n) is 11.1. The van der Waals surface area contributed by atoms with Gasteiger partial charge in [0.1, 0.15) is 0 Å². The number of allylic oxidation sites excluding steroid dienone is 1. The van der Waals surface area contributed by atoms with Gasteiger partial charge in [-0.05, 0) is 76.0 Å².